The van der Waals surface area contributed by atoms with E-state index in [1.165, 1.54) is 26.7 Å². The first-order valence-electron chi connectivity index (χ1n) is 4.98. The molecule has 0 spiro atoms. The Morgan fingerprint density at radius 3 is 2.54 bits per heavy atom. The number of hydrogen-bond donors (Lipinski definition) is 1. The number of hydrogen-bond acceptors (Lipinski definition) is 1. The van der Waals surface area contributed by atoms with Gasteiger partial charge in [-0.05, 0) is 44.9 Å². The third kappa shape index (κ3) is 2.01. The first-order valence-corrected chi connectivity index (χ1v) is 4.98. The minimum Gasteiger partial charge on any atom is -0.350 e. The topological polar surface area (TPSA) is 29.1 Å². The van der Waals surface area contributed by atoms with Crippen molar-refractivity contribution in [3.05, 3.63) is 0 Å². The largest absolute Gasteiger partial charge is 0.350 e. The summed E-state index contributed by atoms with van der Waals surface area (Å²) in [4.78, 5) is 11.2. The van der Waals surface area contributed by atoms with Crippen LogP contribution >= 0.6 is 0 Å². The molecule has 2 unspecified atom stereocenters. The Hall–Kier alpha value is -0.600. The lowest BCUT2D eigenvalue weighted by Crippen LogP contribution is -2.40. The van der Waals surface area contributed by atoms with Gasteiger partial charge in [0.25, 0.3) is 5.91 Å². The van der Waals surface area contributed by atoms with E-state index in [9.17, 15) is 9.18 Å². The SMILES string of the molecule is CC(C)(F)C(=O)NC1CC1C1CC1. The maximum Gasteiger partial charge on any atom is 0.257 e. The summed E-state index contributed by atoms with van der Waals surface area (Å²) in [6.45, 7) is 2.60. The zero-order valence-electron chi connectivity index (χ0n) is 8.14. The van der Waals surface area contributed by atoms with Crippen molar-refractivity contribution in [1.29, 1.82) is 0 Å². The number of carbonyl (C=O) groups excluding carboxylic acids is 1. The molecule has 13 heavy (non-hydrogen) atoms. The molecule has 0 aromatic carbocycles. The van der Waals surface area contributed by atoms with Crippen molar-refractivity contribution in [3.8, 4) is 0 Å². The van der Waals surface area contributed by atoms with E-state index in [4.69, 9.17) is 0 Å². The molecule has 2 saturated carbocycles. The molecule has 1 N–H and O–H groups in total. The maximum absolute atomic E-state index is 13.1. The maximum atomic E-state index is 13.1. The van der Waals surface area contributed by atoms with E-state index < -0.39 is 11.6 Å². The standard InChI is InChI=1S/C10H16FNO/c1-10(2,11)9(13)12-8-5-7(8)6-3-4-6/h6-8H,3-5H2,1-2H3,(H,12,13). The number of alkyl halides is 1. The fourth-order valence-electron chi connectivity index (χ4n) is 1.77. The van der Waals surface area contributed by atoms with Gasteiger partial charge < -0.3 is 5.32 Å². The summed E-state index contributed by atoms with van der Waals surface area (Å²) in [6, 6.07) is 0.273. The number of halogens is 1. The average molecular weight is 185 g/mol. The van der Waals surface area contributed by atoms with E-state index >= 15 is 0 Å². The third-order valence-electron chi connectivity index (χ3n) is 2.92. The molecule has 0 aliphatic heterocycles. The predicted molar refractivity (Wildman–Crippen MR) is 47.9 cm³/mol. The highest BCUT2D eigenvalue weighted by molar-refractivity contribution is 5.84. The van der Waals surface area contributed by atoms with Crippen LogP contribution in [0.25, 0.3) is 0 Å². The second-order valence-electron chi connectivity index (χ2n) is 4.79. The Bertz CT molecular complexity index is 230. The van der Waals surface area contributed by atoms with Gasteiger partial charge in [-0.3, -0.25) is 4.79 Å². The molecule has 3 heteroatoms. The number of nitrogens with one attached hydrogen (secondary N) is 1. The zero-order chi connectivity index (χ0) is 9.64. The predicted octanol–water partition coefficient (Wildman–Crippen LogP) is 1.65. The highest BCUT2D eigenvalue weighted by Gasteiger charge is 2.49. The van der Waals surface area contributed by atoms with Crippen LogP contribution in [0, 0.1) is 11.8 Å². The minimum atomic E-state index is -1.73. The van der Waals surface area contributed by atoms with Gasteiger partial charge in [-0.2, -0.15) is 0 Å². The van der Waals surface area contributed by atoms with Crippen LogP contribution in [0.15, 0.2) is 0 Å². The number of rotatable bonds is 3. The summed E-state index contributed by atoms with van der Waals surface area (Å²) in [6.07, 6.45) is 3.67. The van der Waals surface area contributed by atoms with E-state index in [-0.39, 0.29) is 6.04 Å². The van der Waals surface area contributed by atoms with Gasteiger partial charge in [0, 0.05) is 6.04 Å². The molecule has 0 aromatic rings. The second kappa shape index (κ2) is 2.69. The molecule has 2 aliphatic carbocycles. The lowest BCUT2D eigenvalue weighted by molar-refractivity contribution is -0.131. The quantitative estimate of drug-likeness (QED) is 0.711. The van der Waals surface area contributed by atoms with Gasteiger partial charge in [-0.1, -0.05) is 0 Å². The van der Waals surface area contributed by atoms with Gasteiger partial charge in [0.05, 0.1) is 0 Å². The summed E-state index contributed by atoms with van der Waals surface area (Å²) in [5, 5.41) is 2.75. The van der Waals surface area contributed by atoms with Crippen molar-refractivity contribution in [2.75, 3.05) is 0 Å². The Kier molecular flexibility index (Phi) is 1.86. The number of carbonyl (C=O) groups is 1. The summed E-state index contributed by atoms with van der Waals surface area (Å²) >= 11 is 0. The van der Waals surface area contributed by atoms with Crippen LogP contribution in [0.5, 0.6) is 0 Å². The summed E-state index contributed by atoms with van der Waals surface area (Å²) in [5.41, 5.74) is -1.73. The fourth-order valence-corrected chi connectivity index (χ4v) is 1.77. The van der Waals surface area contributed by atoms with Gasteiger partial charge >= 0.3 is 0 Å². The molecule has 2 aliphatic rings. The van der Waals surface area contributed by atoms with Crippen LogP contribution in [-0.4, -0.2) is 17.6 Å². The molecule has 2 atom stereocenters. The monoisotopic (exact) mass is 185 g/mol. The van der Waals surface area contributed by atoms with Crippen LogP contribution in [-0.2, 0) is 4.79 Å². The fraction of sp³-hybridized carbons (Fsp3) is 0.900. The highest BCUT2D eigenvalue weighted by atomic mass is 19.1. The lowest BCUT2D eigenvalue weighted by Gasteiger charge is -2.13. The Morgan fingerprint density at radius 2 is 2.08 bits per heavy atom. The summed E-state index contributed by atoms with van der Waals surface area (Å²) in [5.74, 6) is 1.03. The first kappa shape index (κ1) is 8.97. The first-order chi connectivity index (χ1) is 5.98. The van der Waals surface area contributed by atoms with Crippen LogP contribution in [0.1, 0.15) is 33.1 Å². The number of amides is 1. The molecular formula is C10H16FNO. The molecule has 0 radical (unpaired) electrons. The lowest BCUT2D eigenvalue weighted by atomic mass is 10.1. The van der Waals surface area contributed by atoms with Crippen molar-refractivity contribution in [2.45, 2.75) is 44.8 Å². The second-order valence-corrected chi connectivity index (χ2v) is 4.79. The molecule has 2 fully saturated rings. The molecule has 1 amide bonds. The van der Waals surface area contributed by atoms with Gasteiger partial charge in [0.1, 0.15) is 0 Å². The van der Waals surface area contributed by atoms with Crippen molar-refractivity contribution in [1.82, 2.24) is 5.32 Å². The smallest absolute Gasteiger partial charge is 0.257 e. The Balaban J connectivity index is 1.77. The van der Waals surface area contributed by atoms with Crippen molar-refractivity contribution in [3.63, 3.8) is 0 Å². The van der Waals surface area contributed by atoms with Crippen molar-refractivity contribution in [2.24, 2.45) is 11.8 Å². The van der Waals surface area contributed by atoms with Crippen molar-refractivity contribution < 1.29 is 9.18 Å². The molecule has 74 valence electrons. The summed E-state index contributed by atoms with van der Waals surface area (Å²) in [7, 11) is 0. The van der Waals surface area contributed by atoms with Crippen LogP contribution in [0.2, 0.25) is 0 Å². The minimum absolute atomic E-state index is 0.273. The average Bonchev–Trinajstić information content (AvgIpc) is 2.77. The van der Waals surface area contributed by atoms with Crippen LogP contribution in [0.3, 0.4) is 0 Å². The molecule has 0 aromatic heterocycles. The van der Waals surface area contributed by atoms with E-state index in [0.717, 1.165) is 12.3 Å². The highest BCUT2D eigenvalue weighted by Crippen LogP contribution is 2.50. The third-order valence-corrected chi connectivity index (χ3v) is 2.92. The Morgan fingerprint density at radius 1 is 1.46 bits per heavy atom. The van der Waals surface area contributed by atoms with Gasteiger partial charge in [0.2, 0.25) is 0 Å². The van der Waals surface area contributed by atoms with Crippen LogP contribution in [0.4, 0.5) is 4.39 Å². The normalized spacial score (nSPS) is 32.8. The van der Waals surface area contributed by atoms with Crippen molar-refractivity contribution >= 4 is 5.91 Å². The van der Waals surface area contributed by atoms with Gasteiger partial charge in [-0.25, -0.2) is 4.39 Å². The van der Waals surface area contributed by atoms with E-state index in [1.54, 1.807) is 0 Å². The van der Waals surface area contributed by atoms with E-state index in [1.807, 2.05) is 0 Å². The van der Waals surface area contributed by atoms with E-state index in [2.05, 4.69) is 5.32 Å². The molecule has 2 rings (SSSR count). The molecule has 0 saturated heterocycles. The molecule has 0 heterocycles. The Labute approximate surface area is 77.9 Å². The van der Waals surface area contributed by atoms with Gasteiger partial charge in [-0.15, -0.1) is 0 Å². The zero-order valence-corrected chi connectivity index (χ0v) is 8.14. The molecule has 0 bridgehead atoms. The van der Waals surface area contributed by atoms with Gasteiger partial charge in [0.15, 0.2) is 5.67 Å². The molecular weight excluding hydrogens is 169 g/mol. The van der Waals surface area contributed by atoms with E-state index in [0.29, 0.717) is 5.92 Å². The van der Waals surface area contributed by atoms with Crippen LogP contribution < -0.4 is 5.32 Å². The molecule has 2 nitrogen and oxygen atoms in total. The summed E-state index contributed by atoms with van der Waals surface area (Å²) < 4.78 is 13.1.